The zero-order chi connectivity index (χ0) is 6.04. The van der Waals surface area contributed by atoms with Crippen molar-refractivity contribution in [2.75, 3.05) is 13.1 Å². The maximum atomic E-state index is 9.44. The average Bonchev–Trinajstić information content (AvgIpc) is 2.17. The van der Waals surface area contributed by atoms with Crippen molar-refractivity contribution in [3.05, 3.63) is 0 Å². The van der Waals surface area contributed by atoms with Crippen LogP contribution in [0, 0.1) is 0 Å². The molecule has 0 amide bonds. The molecule has 1 aliphatic rings. The Morgan fingerprint density at radius 2 is 2.33 bits per heavy atom. The number of hydrogen-bond donors (Lipinski definition) is 2. The lowest BCUT2D eigenvalue weighted by Gasteiger charge is -2.17. The van der Waals surface area contributed by atoms with Gasteiger partial charge in [0.15, 0.2) is 0 Å². The zero-order valence-corrected chi connectivity index (χ0v) is 6.50. The van der Waals surface area contributed by atoms with Gasteiger partial charge in [0.25, 0.3) is 0 Å². The maximum absolute atomic E-state index is 9.44. The SMILES string of the molecule is CCC1(O)CCNC1.Cl. The van der Waals surface area contributed by atoms with E-state index in [1.165, 1.54) is 0 Å². The standard InChI is InChI=1S/C6H13NO.ClH/c1-2-6(8)3-4-7-5-6;/h7-8H,2-5H2,1H3;1H. The van der Waals surface area contributed by atoms with Gasteiger partial charge in [-0.15, -0.1) is 12.4 Å². The normalized spacial score (nSPS) is 34.0. The number of rotatable bonds is 1. The summed E-state index contributed by atoms with van der Waals surface area (Å²) in [5, 5.41) is 12.6. The van der Waals surface area contributed by atoms with E-state index in [0.29, 0.717) is 0 Å². The Bertz CT molecular complexity index is 81.1. The molecule has 0 radical (unpaired) electrons. The van der Waals surface area contributed by atoms with E-state index in [1.807, 2.05) is 6.92 Å². The van der Waals surface area contributed by atoms with E-state index in [-0.39, 0.29) is 18.0 Å². The van der Waals surface area contributed by atoms with Gasteiger partial charge in [-0.25, -0.2) is 0 Å². The van der Waals surface area contributed by atoms with E-state index in [1.54, 1.807) is 0 Å². The minimum absolute atomic E-state index is 0. The molecule has 1 fully saturated rings. The van der Waals surface area contributed by atoms with Gasteiger partial charge in [-0.05, 0) is 19.4 Å². The van der Waals surface area contributed by atoms with Gasteiger partial charge in [-0.2, -0.15) is 0 Å². The van der Waals surface area contributed by atoms with E-state index in [2.05, 4.69) is 5.32 Å². The Hall–Kier alpha value is 0.210. The van der Waals surface area contributed by atoms with Crippen LogP contribution in [0.15, 0.2) is 0 Å². The second kappa shape index (κ2) is 3.40. The van der Waals surface area contributed by atoms with Gasteiger partial charge >= 0.3 is 0 Å². The molecule has 0 bridgehead atoms. The lowest BCUT2D eigenvalue weighted by atomic mass is 10.0. The summed E-state index contributed by atoms with van der Waals surface area (Å²) in [6.45, 7) is 3.78. The number of hydrogen-bond acceptors (Lipinski definition) is 2. The van der Waals surface area contributed by atoms with E-state index < -0.39 is 0 Å². The molecule has 1 rings (SSSR count). The molecule has 9 heavy (non-hydrogen) atoms. The Labute approximate surface area is 62.1 Å². The van der Waals surface area contributed by atoms with Crippen molar-refractivity contribution in [3.8, 4) is 0 Å². The van der Waals surface area contributed by atoms with E-state index in [0.717, 1.165) is 25.9 Å². The van der Waals surface area contributed by atoms with E-state index >= 15 is 0 Å². The molecule has 0 aromatic carbocycles. The first-order valence-corrected chi connectivity index (χ1v) is 3.20. The largest absolute Gasteiger partial charge is 0.389 e. The Morgan fingerprint density at radius 1 is 1.67 bits per heavy atom. The molecule has 1 heterocycles. The highest BCUT2D eigenvalue weighted by Gasteiger charge is 2.27. The van der Waals surface area contributed by atoms with Gasteiger partial charge in [0.2, 0.25) is 0 Å². The van der Waals surface area contributed by atoms with Crippen LogP contribution in [-0.2, 0) is 0 Å². The average molecular weight is 152 g/mol. The van der Waals surface area contributed by atoms with Crippen molar-refractivity contribution in [1.82, 2.24) is 5.32 Å². The molecule has 1 atom stereocenters. The highest BCUT2D eigenvalue weighted by molar-refractivity contribution is 5.85. The second-order valence-corrected chi connectivity index (χ2v) is 2.50. The van der Waals surface area contributed by atoms with Crippen molar-refractivity contribution < 1.29 is 5.11 Å². The van der Waals surface area contributed by atoms with Gasteiger partial charge in [-0.1, -0.05) is 6.92 Å². The van der Waals surface area contributed by atoms with Gasteiger partial charge < -0.3 is 10.4 Å². The Morgan fingerprint density at radius 3 is 2.56 bits per heavy atom. The number of nitrogens with one attached hydrogen (secondary N) is 1. The summed E-state index contributed by atoms with van der Waals surface area (Å²) in [5.41, 5.74) is -0.375. The van der Waals surface area contributed by atoms with Crippen LogP contribution in [0.1, 0.15) is 19.8 Å². The lowest BCUT2D eigenvalue weighted by molar-refractivity contribution is 0.0575. The van der Waals surface area contributed by atoms with Gasteiger partial charge in [-0.3, -0.25) is 0 Å². The minimum atomic E-state index is -0.375. The summed E-state index contributed by atoms with van der Waals surface area (Å²) in [7, 11) is 0. The first-order valence-electron chi connectivity index (χ1n) is 3.20. The Balaban J connectivity index is 0.000000640. The molecule has 2 N–H and O–H groups in total. The fourth-order valence-corrected chi connectivity index (χ4v) is 1.03. The van der Waals surface area contributed by atoms with Crippen molar-refractivity contribution in [2.24, 2.45) is 0 Å². The van der Waals surface area contributed by atoms with Crippen LogP contribution in [0.4, 0.5) is 0 Å². The van der Waals surface area contributed by atoms with Crippen molar-refractivity contribution in [2.45, 2.75) is 25.4 Å². The highest BCUT2D eigenvalue weighted by atomic mass is 35.5. The third kappa shape index (κ3) is 2.12. The summed E-state index contributed by atoms with van der Waals surface area (Å²) in [6, 6.07) is 0. The predicted octanol–water partition coefficient (Wildman–Crippen LogP) is 0.543. The fraction of sp³-hybridized carbons (Fsp3) is 1.00. The van der Waals surface area contributed by atoms with E-state index in [4.69, 9.17) is 0 Å². The summed E-state index contributed by atoms with van der Waals surface area (Å²) < 4.78 is 0. The molecular formula is C6H14ClNO. The molecule has 56 valence electrons. The number of β-amino-alcohol motifs (C(OH)–C–C–N with tert-alkyl or cyclic N) is 1. The molecule has 0 spiro atoms. The first kappa shape index (κ1) is 9.21. The summed E-state index contributed by atoms with van der Waals surface area (Å²) in [6.07, 6.45) is 1.80. The quantitative estimate of drug-likeness (QED) is 0.574. The van der Waals surface area contributed by atoms with Crippen molar-refractivity contribution >= 4 is 12.4 Å². The van der Waals surface area contributed by atoms with Crippen LogP contribution in [0.2, 0.25) is 0 Å². The topological polar surface area (TPSA) is 32.3 Å². The van der Waals surface area contributed by atoms with Gasteiger partial charge in [0.05, 0.1) is 5.60 Å². The summed E-state index contributed by atoms with van der Waals surface area (Å²) in [5.74, 6) is 0. The third-order valence-corrected chi connectivity index (χ3v) is 1.88. The Kier molecular flexibility index (Phi) is 3.48. The fourth-order valence-electron chi connectivity index (χ4n) is 1.03. The molecule has 1 saturated heterocycles. The van der Waals surface area contributed by atoms with Crippen LogP contribution in [0.25, 0.3) is 0 Å². The van der Waals surface area contributed by atoms with Crippen LogP contribution in [-0.4, -0.2) is 23.8 Å². The predicted molar refractivity (Wildman–Crippen MR) is 40.0 cm³/mol. The monoisotopic (exact) mass is 151 g/mol. The molecule has 2 nitrogen and oxygen atoms in total. The molecule has 1 unspecified atom stereocenters. The molecular weight excluding hydrogens is 138 g/mol. The van der Waals surface area contributed by atoms with Crippen LogP contribution >= 0.6 is 12.4 Å². The molecule has 0 aromatic heterocycles. The van der Waals surface area contributed by atoms with Gasteiger partial charge in [0, 0.05) is 6.54 Å². The maximum Gasteiger partial charge on any atom is 0.0781 e. The molecule has 1 aliphatic heterocycles. The molecule has 3 heteroatoms. The number of halogens is 1. The first-order chi connectivity index (χ1) is 3.77. The third-order valence-electron chi connectivity index (χ3n) is 1.88. The second-order valence-electron chi connectivity index (χ2n) is 2.50. The smallest absolute Gasteiger partial charge is 0.0781 e. The molecule has 0 saturated carbocycles. The minimum Gasteiger partial charge on any atom is -0.389 e. The molecule has 0 aliphatic carbocycles. The number of aliphatic hydroxyl groups is 1. The van der Waals surface area contributed by atoms with Crippen LogP contribution in [0.3, 0.4) is 0 Å². The van der Waals surface area contributed by atoms with E-state index in [9.17, 15) is 5.11 Å². The van der Waals surface area contributed by atoms with Crippen LogP contribution in [0.5, 0.6) is 0 Å². The highest BCUT2D eigenvalue weighted by Crippen LogP contribution is 2.16. The zero-order valence-electron chi connectivity index (χ0n) is 5.68. The van der Waals surface area contributed by atoms with Gasteiger partial charge in [0.1, 0.15) is 0 Å². The summed E-state index contributed by atoms with van der Waals surface area (Å²) >= 11 is 0. The van der Waals surface area contributed by atoms with Crippen molar-refractivity contribution in [1.29, 1.82) is 0 Å². The lowest BCUT2D eigenvalue weighted by Crippen LogP contribution is -2.29. The van der Waals surface area contributed by atoms with Crippen LogP contribution < -0.4 is 5.32 Å². The summed E-state index contributed by atoms with van der Waals surface area (Å²) in [4.78, 5) is 0. The van der Waals surface area contributed by atoms with Crippen molar-refractivity contribution in [3.63, 3.8) is 0 Å². The molecule has 0 aromatic rings.